The molecule has 1 aromatic heterocycles. The SMILES string of the molecule is CC(C)OCc1noc(N)n1. The summed E-state index contributed by atoms with van der Waals surface area (Å²) in [6, 6.07) is 0.0763. The number of hydrogen-bond acceptors (Lipinski definition) is 5. The molecule has 0 amide bonds. The molecule has 0 aliphatic heterocycles. The number of hydrogen-bond donors (Lipinski definition) is 1. The molecular formula is C6H11N3O2. The summed E-state index contributed by atoms with van der Waals surface area (Å²) in [5, 5.41) is 3.55. The first-order valence-corrected chi connectivity index (χ1v) is 3.38. The van der Waals surface area contributed by atoms with Crippen LogP contribution in [0.15, 0.2) is 4.52 Å². The maximum Gasteiger partial charge on any atom is 0.318 e. The average Bonchev–Trinajstić information content (AvgIpc) is 2.31. The Kier molecular flexibility index (Phi) is 2.43. The lowest BCUT2D eigenvalue weighted by atomic mass is 10.5. The molecule has 0 bridgehead atoms. The standard InChI is InChI=1S/C6H11N3O2/c1-4(2)10-3-5-8-6(7)11-9-5/h4H,3H2,1-2H3,(H2,7,8,9). The highest BCUT2D eigenvalue weighted by Gasteiger charge is 2.02. The Bertz CT molecular complexity index is 221. The minimum absolute atomic E-state index is 0.0763. The normalized spacial score (nSPS) is 10.8. The number of nitrogens with two attached hydrogens (primary N) is 1. The van der Waals surface area contributed by atoms with E-state index < -0.39 is 0 Å². The first-order chi connectivity index (χ1) is 5.18. The summed E-state index contributed by atoms with van der Waals surface area (Å²) < 4.78 is 9.73. The van der Waals surface area contributed by atoms with Crippen LogP contribution in [0, 0.1) is 0 Å². The van der Waals surface area contributed by atoms with Crippen LogP contribution in [0.3, 0.4) is 0 Å². The molecule has 5 nitrogen and oxygen atoms in total. The first-order valence-electron chi connectivity index (χ1n) is 3.38. The fourth-order valence-electron chi connectivity index (χ4n) is 0.567. The Hall–Kier alpha value is -1.10. The van der Waals surface area contributed by atoms with Crippen molar-refractivity contribution in [2.45, 2.75) is 26.6 Å². The van der Waals surface area contributed by atoms with Crippen molar-refractivity contribution in [1.29, 1.82) is 0 Å². The predicted octanol–water partition coefficient (Wildman–Crippen LogP) is 0.577. The van der Waals surface area contributed by atoms with Crippen molar-refractivity contribution in [3.05, 3.63) is 5.82 Å². The third kappa shape index (κ3) is 2.55. The zero-order valence-electron chi connectivity index (χ0n) is 6.57. The molecule has 1 heterocycles. The van der Waals surface area contributed by atoms with Crippen LogP contribution in [0.25, 0.3) is 0 Å². The topological polar surface area (TPSA) is 74.2 Å². The number of ether oxygens (including phenoxy) is 1. The van der Waals surface area contributed by atoms with Crippen molar-refractivity contribution in [1.82, 2.24) is 10.1 Å². The van der Waals surface area contributed by atoms with Crippen LogP contribution in [0.1, 0.15) is 19.7 Å². The second-order valence-electron chi connectivity index (χ2n) is 2.41. The summed E-state index contributed by atoms with van der Waals surface area (Å²) in [6.45, 7) is 4.21. The van der Waals surface area contributed by atoms with Gasteiger partial charge in [0.1, 0.15) is 6.61 Å². The number of nitrogen functional groups attached to an aromatic ring is 1. The van der Waals surface area contributed by atoms with Crippen molar-refractivity contribution in [2.75, 3.05) is 5.73 Å². The van der Waals surface area contributed by atoms with Crippen LogP contribution < -0.4 is 5.73 Å². The molecule has 0 spiro atoms. The van der Waals surface area contributed by atoms with Gasteiger partial charge in [0.05, 0.1) is 6.10 Å². The Balaban J connectivity index is 2.39. The van der Waals surface area contributed by atoms with Gasteiger partial charge in [0, 0.05) is 0 Å². The van der Waals surface area contributed by atoms with E-state index in [1.165, 1.54) is 0 Å². The second-order valence-corrected chi connectivity index (χ2v) is 2.41. The van der Waals surface area contributed by atoms with E-state index in [2.05, 4.69) is 14.7 Å². The van der Waals surface area contributed by atoms with E-state index in [0.29, 0.717) is 12.4 Å². The van der Waals surface area contributed by atoms with Crippen molar-refractivity contribution >= 4 is 6.01 Å². The Morgan fingerprint density at radius 2 is 2.36 bits per heavy atom. The predicted molar refractivity (Wildman–Crippen MR) is 38.6 cm³/mol. The zero-order valence-corrected chi connectivity index (χ0v) is 6.57. The van der Waals surface area contributed by atoms with Crippen LogP contribution in [-0.4, -0.2) is 16.2 Å². The van der Waals surface area contributed by atoms with Crippen molar-refractivity contribution in [2.24, 2.45) is 0 Å². The van der Waals surface area contributed by atoms with E-state index in [-0.39, 0.29) is 12.1 Å². The van der Waals surface area contributed by atoms with E-state index in [1.54, 1.807) is 0 Å². The number of aromatic nitrogens is 2. The summed E-state index contributed by atoms with van der Waals surface area (Å²) in [6.07, 6.45) is 0.162. The monoisotopic (exact) mass is 157 g/mol. The molecule has 0 aliphatic rings. The molecule has 0 aromatic carbocycles. The molecule has 0 saturated heterocycles. The first kappa shape index (κ1) is 8.00. The lowest BCUT2D eigenvalue weighted by molar-refractivity contribution is 0.0601. The quantitative estimate of drug-likeness (QED) is 0.694. The molecule has 11 heavy (non-hydrogen) atoms. The molecular weight excluding hydrogens is 146 g/mol. The molecule has 1 rings (SSSR count). The van der Waals surface area contributed by atoms with Gasteiger partial charge in [-0.05, 0) is 13.8 Å². The lowest BCUT2D eigenvalue weighted by Crippen LogP contribution is -2.03. The van der Waals surface area contributed by atoms with Gasteiger partial charge in [0.2, 0.25) is 0 Å². The van der Waals surface area contributed by atoms with Gasteiger partial charge in [-0.25, -0.2) is 0 Å². The fraction of sp³-hybridized carbons (Fsp3) is 0.667. The molecule has 1 aromatic rings. The summed E-state index contributed by atoms with van der Waals surface area (Å²) in [7, 11) is 0. The van der Waals surface area contributed by atoms with Gasteiger partial charge in [0.15, 0.2) is 5.82 Å². The summed E-state index contributed by atoms with van der Waals surface area (Å²) in [4.78, 5) is 3.76. The third-order valence-electron chi connectivity index (χ3n) is 1.03. The molecule has 0 saturated carbocycles. The van der Waals surface area contributed by atoms with Gasteiger partial charge in [-0.15, -0.1) is 0 Å². The van der Waals surface area contributed by atoms with Crippen molar-refractivity contribution in [3.63, 3.8) is 0 Å². The van der Waals surface area contributed by atoms with Crippen LogP contribution in [0.4, 0.5) is 6.01 Å². The molecule has 0 unspecified atom stereocenters. The molecule has 0 atom stereocenters. The van der Waals surface area contributed by atoms with E-state index in [0.717, 1.165) is 0 Å². The molecule has 0 aliphatic carbocycles. The van der Waals surface area contributed by atoms with Crippen LogP contribution in [-0.2, 0) is 11.3 Å². The molecule has 62 valence electrons. The van der Waals surface area contributed by atoms with Gasteiger partial charge in [-0.3, -0.25) is 0 Å². The van der Waals surface area contributed by atoms with Gasteiger partial charge >= 0.3 is 6.01 Å². The number of rotatable bonds is 3. The highest BCUT2D eigenvalue weighted by atomic mass is 16.5. The average molecular weight is 157 g/mol. The highest BCUT2D eigenvalue weighted by Crippen LogP contribution is 2.00. The summed E-state index contributed by atoms with van der Waals surface area (Å²) in [5.41, 5.74) is 5.19. The molecule has 5 heteroatoms. The van der Waals surface area contributed by atoms with Gasteiger partial charge in [0.25, 0.3) is 0 Å². The minimum atomic E-state index is 0.0763. The Morgan fingerprint density at radius 1 is 1.64 bits per heavy atom. The van der Waals surface area contributed by atoms with Crippen LogP contribution in [0.5, 0.6) is 0 Å². The zero-order chi connectivity index (χ0) is 8.27. The van der Waals surface area contributed by atoms with Gasteiger partial charge in [-0.1, -0.05) is 5.16 Å². The van der Waals surface area contributed by atoms with Gasteiger partial charge < -0.3 is 15.0 Å². The second kappa shape index (κ2) is 3.34. The van der Waals surface area contributed by atoms with Crippen LogP contribution in [0.2, 0.25) is 0 Å². The van der Waals surface area contributed by atoms with E-state index in [9.17, 15) is 0 Å². The Labute approximate surface area is 64.5 Å². The lowest BCUT2D eigenvalue weighted by Gasteiger charge is -2.02. The van der Waals surface area contributed by atoms with Gasteiger partial charge in [-0.2, -0.15) is 4.98 Å². The minimum Gasteiger partial charge on any atom is -0.371 e. The highest BCUT2D eigenvalue weighted by molar-refractivity contribution is 5.06. The van der Waals surface area contributed by atoms with Crippen molar-refractivity contribution < 1.29 is 9.26 Å². The maximum atomic E-state index is 5.20. The maximum absolute atomic E-state index is 5.20. The van der Waals surface area contributed by atoms with Crippen molar-refractivity contribution in [3.8, 4) is 0 Å². The Morgan fingerprint density at radius 3 is 2.82 bits per heavy atom. The molecule has 2 N–H and O–H groups in total. The van der Waals surface area contributed by atoms with E-state index in [4.69, 9.17) is 10.5 Å². The summed E-state index contributed by atoms with van der Waals surface area (Å²) >= 11 is 0. The summed E-state index contributed by atoms with van der Waals surface area (Å²) in [5.74, 6) is 0.483. The largest absolute Gasteiger partial charge is 0.371 e. The van der Waals surface area contributed by atoms with Crippen LogP contribution >= 0.6 is 0 Å². The third-order valence-corrected chi connectivity index (χ3v) is 1.03. The van der Waals surface area contributed by atoms with E-state index in [1.807, 2.05) is 13.8 Å². The fourth-order valence-corrected chi connectivity index (χ4v) is 0.567. The van der Waals surface area contributed by atoms with E-state index >= 15 is 0 Å². The molecule has 0 radical (unpaired) electrons. The number of nitrogens with zero attached hydrogens (tertiary/aromatic N) is 2. The number of anilines is 1. The molecule has 0 fully saturated rings. The smallest absolute Gasteiger partial charge is 0.318 e.